The Kier molecular flexibility index (Phi) is 4.91. The number of ether oxygens (including phenoxy) is 1. The van der Waals surface area contributed by atoms with E-state index in [-0.39, 0.29) is 24.0 Å². The number of hydrogen-bond acceptors (Lipinski definition) is 3. The van der Waals surface area contributed by atoms with Crippen molar-refractivity contribution >= 4 is 11.9 Å². The Hall–Kier alpha value is -2.66. The molecule has 1 aliphatic heterocycles. The number of benzene rings is 2. The first-order valence-electron chi connectivity index (χ1n) is 7.90. The third kappa shape index (κ3) is 3.81. The van der Waals surface area contributed by atoms with E-state index in [0.29, 0.717) is 19.7 Å². The molecular formula is C19H19NO4. The Balaban J connectivity index is 1.63. The van der Waals surface area contributed by atoms with Gasteiger partial charge in [0.1, 0.15) is 6.10 Å². The van der Waals surface area contributed by atoms with Gasteiger partial charge in [-0.15, -0.1) is 0 Å². The van der Waals surface area contributed by atoms with Crippen molar-refractivity contribution in [2.75, 3.05) is 19.7 Å². The average Bonchev–Trinajstić information content (AvgIpc) is 2.63. The fourth-order valence-corrected chi connectivity index (χ4v) is 2.80. The number of aromatic carboxylic acids is 1. The molecule has 0 bridgehead atoms. The summed E-state index contributed by atoms with van der Waals surface area (Å²) in [6, 6.07) is 16.3. The van der Waals surface area contributed by atoms with Gasteiger partial charge in [-0.2, -0.15) is 0 Å². The number of carboxylic acids is 1. The SMILES string of the molecule is O=C(O)c1ccc(CC(=O)N2CCOC(c3ccccc3)C2)cc1. The standard InChI is InChI=1S/C19H19NO4/c21-18(12-14-6-8-16(9-7-14)19(22)23)20-10-11-24-17(13-20)15-4-2-1-3-5-15/h1-9,17H,10-13H2,(H,22,23). The molecule has 0 radical (unpaired) electrons. The fourth-order valence-electron chi connectivity index (χ4n) is 2.80. The van der Waals surface area contributed by atoms with Crippen LogP contribution in [0.15, 0.2) is 54.6 Å². The summed E-state index contributed by atoms with van der Waals surface area (Å²) >= 11 is 0. The summed E-state index contributed by atoms with van der Waals surface area (Å²) in [5.74, 6) is -0.936. The van der Waals surface area contributed by atoms with Crippen LogP contribution in [0.1, 0.15) is 27.6 Å². The smallest absolute Gasteiger partial charge is 0.335 e. The first-order chi connectivity index (χ1) is 11.6. The number of amides is 1. The zero-order chi connectivity index (χ0) is 16.9. The third-order valence-electron chi connectivity index (χ3n) is 4.15. The average molecular weight is 325 g/mol. The van der Waals surface area contributed by atoms with Crippen LogP contribution in [0.25, 0.3) is 0 Å². The second-order valence-corrected chi connectivity index (χ2v) is 5.79. The monoisotopic (exact) mass is 325 g/mol. The van der Waals surface area contributed by atoms with Crippen LogP contribution in [0.4, 0.5) is 0 Å². The van der Waals surface area contributed by atoms with Crippen molar-refractivity contribution in [1.29, 1.82) is 0 Å². The molecule has 1 unspecified atom stereocenters. The number of carbonyl (C=O) groups excluding carboxylic acids is 1. The second-order valence-electron chi connectivity index (χ2n) is 5.79. The number of rotatable bonds is 4. The zero-order valence-corrected chi connectivity index (χ0v) is 13.2. The maximum Gasteiger partial charge on any atom is 0.335 e. The molecule has 1 amide bonds. The minimum atomic E-state index is -0.966. The van der Waals surface area contributed by atoms with Crippen LogP contribution in [-0.2, 0) is 16.0 Å². The summed E-state index contributed by atoms with van der Waals surface area (Å²) in [5, 5.41) is 8.91. The molecule has 0 aromatic heterocycles. The molecule has 2 aromatic rings. The fraction of sp³-hybridized carbons (Fsp3) is 0.263. The van der Waals surface area contributed by atoms with Gasteiger partial charge < -0.3 is 14.7 Å². The highest BCUT2D eigenvalue weighted by atomic mass is 16.5. The molecule has 3 rings (SSSR count). The van der Waals surface area contributed by atoms with Gasteiger partial charge in [-0.25, -0.2) is 4.79 Å². The number of carboxylic acid groups (broad SMARTS) is 1. The Morgan fingerprint density at radius 1 is 1.08 bits per heavy atom. The quantitative estimate of drug-likeness (QED) is 0.938. The van der Waals surface area contributed by atoms with Gasteiger partial charge in [0.2, 0.25) is 5.91 Å². The van der Waals surface area contributed by atoms with Gasteiger partial charge in [0.05, 0.1) is 25.1 Å². The molecule has 1 heterocycles. The van der Waals surface area contributed by atoms with Crippen molar-refractivity contribution in [3.63, 3.8) is 0 Å². The molecule has 2 aromatic carbocycles. The molecule has 0 spiro atoms. The predicted octanol–water partition coefficient (Wildman–Crippen LogP) is 2.53. The minimum Gasteiger partial charge on any atom is -0.478 e. The van der Waals surface area contributed by atoms with E-state index in [1.54, 1.807) is 12.1 Å². The molecule has 1 saturated heterocycles. The van der Waals surface area contributed by atoms with Crippen LogP contribution in [0.2, 0.25) is 0 Å². The normalized spacial score (nSPS) is 17.5. The minimum absolute atomic E-state index is 0.0299. The maximum atomic E-state index is 12.5. The van der Waals surface area contributed by atoms with Crippen LogP contribution >= 0.6 is 0 Å². The van der Waals surface area contributed by atoms with Crippen LogP contribution in [0.5, 0.6) is 0 Å². The number of hydrogen-bond donors (Lipinski definition) is 1. The van der Waals surface area contributed by atoms with Gasteiger partial charge in [0, 0.05) is 6.54 Å². The molecule has 1 atom stereocenters. The van der Waals surface area contributed by atoms with Gasteiger partial charge in [0.15, 0.2) is 0 Å². The van der Waals surface area contributed by atoms with Crippen LogP contribution in [0, 0.1) is 0 Å². The van der Waals surface area contributed by atoms with Crippen molar-refractivity contribution in [3.8, 4) is 0 Å². The number of morpholine rings is 1. The van der Waals surface area contributed by atoms with Crippen molar-refractivity contribution in [2.45, 2.75) is 12.5 Å². The summed E-state index contributed by atoms with van der Waals surface area (Å²) in [6.45, 7) is 1.63. The summed E-state index contributed by atoms with van der Waals surface area (Å²) < 4.78 is 5.78. The zero-order valence-electron chi connectivity index (χ0n) is 13.2. The molecular weight excluding hydrogens is 306 g/mol. The van der Waals surface area contributed by atoms with E-state index in [1.165, 1.54) is 12.1 Å². The van der Waals surface area contributed by atoms with Crippen LogP contribution < -0.4 is 0 Å². The molecule has 0 saturated carbocycles. The lowest BCUT2D eigenvalue weighted by atomic mass is 10.1. The van der Waals surface area contributed by atoms with Crippen LogP contribution in [-0.4, -0.2) is 41.6 Å². The lowest BCUT2D eigenvalue weighted by Gasteiger charge is -2.33. The highest BCUT2D eigenvalue weighted by Crippen LogP contribution is 2.22. The molecule has 1 fully saturated rings. The third-order valence-corrected chi connectivity index (χ3v) is 4.15. The summed E-state index contributed by atoms with van der Waals surface area (Å²) in [4.78, 5) is 25.2. The number of nitrogens with zero attached hydrogens (tertiary/aromatic N) is 1. The molecule has 5 heteroatoms. The Bertz CT molecular complexity index is 712. The summed E-state index contributed by atoms with van der Waals surface area (Å²) in [7, 11) is 0. The number of carbonyl (C=O) groups is 2. The van der Waals surface area contributed by atoms with Gasteiger partial charge in [-0.05, 0) is 23.3 Å². The first-order valence-corrected chi connectivity index (χ1v) is 7.90. The van der Waals surface area contributed by atoms with Crippen molar-refractivity contribution in [2.24, 2.45) is 0 Å². The van der Waals surface area contributed by atoms with E-state index in [1.807, 2.05) is 35.2 Å². The summed E-state index contributed by atoms with van der Waals surface area (Å²) in [5.41, 5.74) is 2.11. The predicted molar refractivity (Wildman–Crippen MR) is 88.8 cm³/mol. The van der Waals surface area contributed by atoms with E-state index in [4.69, 9.17) is 9.84 Å². The van der Waals surface area contributed by atoms with E-state index in [9.17, 15) is 9.59 Å². The largest absolute Gasteiger partial charge is 0.478 e. The summed E-state index contributed by atoms with van der Waals surface area (Å²) in [6.07, 6.45) is 0.166. The second kappa shape index (κ2) is 7.27. The van der Waals surface area contributed by atoms with E-state index in [0.717, 1.165) is 11.1 Å². The molecule has 24 heavy (non-hydrogen) atoms. The van der Waals surface area contributed by atoms with Crippen molar-refractivity contribution < 1.29 is 19.4 Å². The van der Waals surface area contributed by atoms with Gasteiger partial charge in [-0.3, -0.25) is 4.79 Å². The Morgan fingerprint density at radius 2 is 1.79 bits per heavy atom. The first kappa shape index (κ1) is 16.2. The maximum absolute atomic E-state index is 12.5. The molecule has 1 aliphatic rings. The molecule has 1 N–H and O–H groups in total. The Morgan fingerprint density at radius 3 is 2.46 bits per heavy atom. The molecule has 124 valence electrons. The molecule has 0 aliphatic carbocycles. The van der Waals surface area contributed by atoms with Crippen LogP contribution in [0.3, 0.4) is 0 Å². The topological polar surface area (TPSA) is 66.8 Å². The highest BCUT2D eigenvalue weighted by Gasteiger charge is 2.25. The van der Waals surface area contributed by atoms with E-state index in [2.05, 4.69) is 0 Å². The highest BCUT2D eigenvalue weighted by molar-refractivity contribution is 5.87. The molecule has 5 nitrogen and oxygen atoms in total. The lowest BCUT2D eigenvalue weighted by Crippen LogP contribution is -2.42. The van der Waals surface area contributed by atoms with Gasteiger partial charge in [0.25, 0.3) is 0 Å². The van der Waals surface area contributed by atoms with Gasteiger partial charge in [-0.1, -0.05) is 42.5 Å². The lowest BCUT2D eigenvalue weighted by molar-refractivity contribution is -0.138. The van der Waals surface area contributed by atoms with Gasteiger partial charge >= 0.3 is 5.97 Å². The van der Waals surface area contributed by atoms with E-state index < -0.39 is 5.97 Å². The van der Waals surface area contributed by atoms with E-state index >= 15 is 0 Å². The Labute approximate surface area is 140 Å². The van der Waals surface area contributed by atoms with Crippen molar-refractivity contribution in [3.05, 3.63) is 71.3 Å². The van der Waals surface area contributed by atoms with Crippen molar-refractivity contribution in [1.82, 2.24) is 4.90 Å².